The molecule has 410 valence electrons. The number of hydrogen-bond acceptors (Lipinski definition) is 23. The van der Waals surface area contributed by atoms with E-state index >= 15 is 0 Å². The molecule has 1 atom stereocenters. The van der Waals surface area contributed by atoms with E-state index in [1.54, 1.807) is 28.4 Å². The standard InChI is InChI=1S/C28H25N4O6.C27H22N4O6.H2O4S/c1-32-13-16-7-21(33-2)22(34-3)8-19(16)31(14-32)12-15-6-23-24(9-20(15)32)38-28-18(11-30)26(36-5)25(35-4)17(10-29)27(28)37-23;1-32-20-5-14-11-31-13-30(18(14)7-21(20)33-2)12-15-6-22-23(8-19(15)31)37-27-17(10-29)25(35-4)24(34-3)16(9-28)26(27)36-22;1-5(2,3)4/h6-9H,12-14H2,1-5H3;5-8H,11-13H2,1-4H3;(H2,1,2,3,4)/q+1;;/p-2. The summed E-state index contributed by atoms with van der Waals surface area (Å²) in [6, 6.07) is 24.3. The molecule has 0 N–H and O–H groups in total. The topological polar surface area (TPSA) is 296 Å². The van der Waals surface area contributed by atoms with Crippen LogP contribution in [0.15, 0.2) is 48.5 Å². The third-order valence-electron chi connectivity index (χ3n) is 14.2. The number of nitrogens with zero attached hydrogens (tertiary/aromatic N) is 8. The number of hydrogen-bond donors (Lipinski definition) is 0. The molecular formula is C55H47N8O16S-. The minimum Gasteiger partial charge on any atom is -0.759 e. The van der Waals surface area contributed by atoms with Gasteiger partial charge in [-0.15, -0.1) is 0 Å². The maximum Gasteiger partial charge on any atom is 0.193 e. The summed E-state index contributed by atoms with van der Waals surface area (Å²) < 4.78 is 103. The maximum atomic E-state index is 9.93. The van der Waals surface area contributed by atoms with Crippen molar-refractivity contribution >= 4 is 33.1 Å². The van der Waals surface area contributed by atoms with Gasteiger partial charge in [0, 0.05) is 70.3 Å². The molecule has 24 nitrogen and oxygen atoms in total. The van der Waals surface area contributed by atoms with Crippen LogP contribution in [0.2, 0.25) is 0 Å². The van der Waals surface area contributed by atoms with Gasteiger partial charge in [-0.05, 0) is 35.4 Å². The first-order valence-corrected chi connectivity index (χ1v) is 25.3. The predicted molar refractivity (Wildman–Crippen MR) is 280 cm³/mol. The Hall–Kier alpha value is -9.89. The van der Waals surface area contributed by atoms with E-state index in [9.17, 15) is 21.0 Å². The van der Waals surface area contributed by atoms with Gasteiger partial charge in [0.2, 0.25) is 0 Å². The van der Waals surface area contributed by atoms with Crippen LogP contribution < -0.4 is 76.0 Å². The first-order valence-electron chi connectivity index (χ1n) is 24.0. The number of ether oxygens (including phenoxy) is 12. The molecule has 0 saturated heterocycles. The summed E-state index contributed by atoms with van der Waals surface area (Å²) in [7, 11) is 9.18. The molecule has 25 heteroatoms. The average Bonchev–Trinajstić information content (AvgIpc) is 3.50. The Balaban J connectivity index is 0.000000166. The Labute approximate surface area is 458 Å². The predicted octanol–water partition coefficient (Wildman–Crippen LogP) is 8.11. The lowest BCUT2D eigenvalue weighted by atomic mass is 9.98. The molecule has 0 spiro atoms. The number of methoxy groups -OCH3 is 8. The minimum absolute atomic E-state index is 0.0934. The molecule has 6 aliphatic rings. The summed E-state index contributed by atoms with van der Waals surface area (Å²) in [5, 5.41) is 39.6. The number of nitriles is 4. The number of quaternary nitrogens is 1. The summed E-state index contributed by atoms with van der Waals surface area (Å²) in [4.78, 5) is 6.82. The summed E-state index contributed by atoms with van der Waals surface area (Å²) in [5.74, 6) is 5.60. The summed E-state index contributed by atoms with van der Waals surface area (Å²) in [6.45, 7) is 4.15. The zero-order valence-corrected chi connectivity index (χ0v) is 45.2. The highest BCUT2D eigenvalue weighted by atomic mass is 32.3. The van der Waals surface area contributed by atoms with E-state index in [-0.39, 0.29) is 68.2 Å². The summed E-state index contributed by atoms with van der Waals surface area (Å²) in [6.07, 6.45) is 0. The van der Waals surface area contributed by atoms with Gasteiger partial charge in [-0.2, -0.15) is 21.0 Å². The average molecular weight is 1110 g/mol. The van der Waals surface area contributed by atoms with Crippen molar-refractivity contribution in [1.82, 2.24) is 4.48 Å². The molecule has 6 aromatic rings. The van der Waals surface area contributed by atoms with Gasteiger partial charge in [-0.25, -0.2) is 0 Å². The lowest BCUT2D eigenvalue weighted by Crippen LogP contribution is -2.58. The van der Waals surface area contributed by atoms with Gasteiger partial charge >= 0.3 is 0 Å². The van der Waals surface area contributed by atoms with Gasteiger partial charge in [0.1, 0.15) is 58.8 Å². The highest BCUT2D eigenvalue weighted by Gasteiger charge is 2.44. The van der Waals surface area contributed by atoms with E-state index < -0.39 is 10.4 Å². The number of rotatable bonds is 8. The molecule has 6 aromatic carbocycles. The molecule has 0 radical (unpaired) electrons. The molecule has 80 heavy (non-hydrogen) atoms. The van der Waals surface area contributed by atoms with Crippen LogP contribution in [0.3, 0.4) is 0 Å². The van der Waals surface area contributed by atoms with Crippen LogP contribution in [0.4, 0.5) is 22.7 Å². The van der Waals surface area contributed by atoms with Gasteiger partial charge in [0.25, 0.3) is 0 Å². The van der Waals surface area contributed by atoms with Gasteiger partial charge in [0.05, 0.1) is 82.8 Å². The molecule has 4 bridgehead atoms. The first kappa shape index (κ1) is 53.5. The molecule has 1 unspecified atom stereocenters. The van der Waals surface area contributed by atoms with Gasteiger partial charge in [0.15, 0.2) is 98.7 Å². The second-order valence-corrected chi connectivity index (χ2v) is 19.5. The quantitative estimate of drug-likeness (QED) is 0.0788. The lowest BCUT2D eigenvalue weighted by Gasteiger charge is -2.48. The molecular weight excluding hydrogens is 1060 g/mol. The van der Waals surface area contributed by atoms with Crippen molar-refractivity contribution < 1.29 is 74.4 Å². The number of anilines is 3. The SMILES string of the molecule is COc1cc2c(cc1OC)N1Cc3cc4c(cc3N(C2)C1)Oc1c(C#N)c(OC)c(OC)c(C#N)c1O4.COc1cc2c(cc1OC)N1Cc3cc4c(cc3[N+](C)(C2)C1)Oc1c(C#N)c(OC)c(OC)c(C#N)c1O4.O=S(=O)([O-])[O-]. The van der Waals surface area contributed by atoms with Crippen LogP contribution in [-0.4, -0.2) is 94.8 Å². The van der Waals surface area contributed by atoms with Gasteiger partial charge in [-0.3, -0.25) is 12.9 Å². The van der Waals surface area contributed by atoms with Crippen LogP contribution in [0, 0.1) is 45.3 Å². The van der Waals surface area contributed by atoms with Gasteiger partial charge in [-0.1, -0.05) is 0 Å². The zero-order valence-electron chi connectivity index (χ0n) is 44.4. The molecule has 6 heterocycles. The van der Waals surface area contributed by atoms with E-state index in [1.807, 2.05) is 48.5 Å². The van der Waals surface area contributed by atoms with Crippen LogP contribution in [0.25, 0.3) is 0 Å². The van der Waals surface area contributed by atoms with Crippen molar-refractivity contribution in [2.45, 2.75) is 26.2 Å². The van der Waals surface area contributed by atoms with E-state index in [1.165, 1.54) is 28.4 Å². The molecule has 6 aliphatic heterocycles. The lowest BCUT2D eigenvalue weighted by molar-refractivity contribution is 0.280. The molecule has 0 aliphatic carbocycles. The fourth-order valence-corrected chi connectivity index (χ4v) is 11.0. The Morgan fingerprint density at radius 1 is 0.463 bits per heavy atom. The van der Waals surface area contributed by atoms with E-state index in [4.69, 9.17) is 74.4 Å². The number of benzene rings is 6. The van der Waals surface area contributed by atoms with E-state index in [0.717, 1.165) is 58.2 Å². The highest BCUT2D eigenvalue weighted by Crippen LogP contribution is 2.59. The van der Waals surface area contributed by atoms with E-state index in [0.29, 0.717) is 76.8 Å². The minimum atomic E-state index is -5.17. The van der Waals surface area contributed by atoms with Crippen molar-refractivity contribution in [2.75, 3.05) is 92.0 Å². The van der Waals surface area contributed by atoms with Crippen molar-refractivity contribution in [3.05, 3.63) is 93.0 Å². The summed E-state index contributed by atoms with van der Waals surface area (Å²) in [5.41, 5.74) is 9.05. The van der Waals surface area contributed by atoms with Crippen LogP contribution >= 0.6 is 0 Å². The Morgan fingerprint density at radius 3 is 1.19 bits per heavy atom. The summed E-state index contributed by atoms with van der Waals surface area (Å²) >= 11 is 0. The second-order valence-electron chi connectivity index (χ2n) is 18.7. The molecule has 12 rings (SSSR count). The first-order chi connectivity index (χ1) is 38.4. The van der Waals surface area contributed by atoms with Gasteiger partial charge < -0.3 is 80.6 Å². The third-order valence-corrected chi connectivity index (χ3v) is 14.2. The van der Waals surface area contributed by atoms with Crippen LogP contribution in [-0.2, 0) is 36.6 Å². The van der Waals surface area contributed by atoms with Crippen molar-refractivity contribution in [2.24, 2.45) is 0 Å². The fourth-order valence-electron chi connectivity index (χ4n) is 11.0. The molecule has 0 saturated carbocycles. The van der Waals surface area contributed by atoms with Crippen LogP contribution in [0.1, 0.15) is 44.5 Å². The monoisotopic (exact) mass is 1110 g/mol. The Morgan fingerprint density at radius 2 is 0.787 bits per heavy atom. The smallest absolute Gasteiger partial charge is 0.193 e. The highest BCUT2D eigenvalue weighted by molar-refractivity contribution is 7.79. The Bertz CT molecular complexity index is 3900. The Kier molecular flexibility index (Phi) is 13.7. The third kappa shape index (κ3) is 8.86. The molecule has 0 fully saturated rings. The van der Waals surface area contributed by atoms with Crippen molar-refractivity contribution in [3.8, 4) is 116 Å². The zero-order chi connectivity index (χ0) is 57.1. The maximum absolute atomic E-state index is 9.93. The largest absolute Gasteiger partial charge is 0.759 e. The fraction of sp³-hybridized carbons (Fsp3) is 0.273. The molecule has 0 aromatic heterocycles. The van der Waals surface area contributed by atoms with Crippen molar-refractivity contribution in [1.29, 1.82) is 21.0 Å². The van der Waals surface area contributed by atoms with Crippen molar-refractivity contribution in [3.63, 3.8) is 0 Å². The second kappa shape index (κ2) is 20.5. The molecule has 0 amide bonds. The van der Waals surface area contributed by atoms with Crippen LogP contribution in [0.5, 0.6) is 92.0 Å². The van der Waals surface area contributed by atoms with E-state index in [2.05, 4.69) is 46.0 Å². The number of fused-ring (bicyclic) bond motifs is 16. The normalized spacial score (nSPS) is 15.6.